The zero-order valence-corrected chi connectivity index (χ0v) is 5.58. The van der Waals surface area contributed by atoms with Crippen molar-refractivity contribution in [3.63, 3.8) is 0 Å². The number of nitrogens with zero attached hydrogens (tertiary/aromatic N) is 3. The van der Waals surface area contributed by atoms with Crippen LogP contribution in [0, 0.1) is 0 Å². The maximum atomic E-state index is 10.1. The lowest BCUT2D eigenvalue weighted by atomic mass is 10.4. The lowest BCUT2D eigenvalue weighted by Gasteiger charge is -2.02. The molecule has 1 heterocycles. The fraction of sp³-hybridized carbons (Fsp3) is 0.400. The average Bonchev–Trinajstić information content (AvgIpc) is 2.39. The number of aliphatic hydroxyl groups excluding tert-OH is 1. The Labute approximate surface area is 62.1 Å². The predicted molar refractivity (Wildman–Crippen MR) is 33.7 cm³/mol. The van der Waals surface area contributed by atoms with E-state index >= 15 is 0 Å². The van der Waals surface area contributed by atoms with E-state index in [1.807, 2.05) is 0 Å². The Hall–Kier alpha value is -1.43. The second-order valence-electron chi connectivity index (χ2n) is 1.97. The monoisotopic (exact) mass is 157 g/mol. The molecule has 0 aliphatic carbocycles. The highest BCUT2D eigenvalue weighted by Gasteiger charge is 2.13. The lowest BCUT2D eigenvalue weighted by molar-refractivity contribution is -0.147. The molecule has 1 aromatic heterocycles. The van der Waals surface area contributed by atoms with Gasteiger partial charge in [0.2, 0.25) is 0 Å². The van der Waals surface area contributed by atoms with Crippen molar-refractivity contribution in [1.29, 1.82) is 0 Å². The van der Waals surface area contributed by atoms with Crippen LogP contribution in [0.2, 0.25) is 0 Å². The molecule has 0 aliphatic heterocycles. The number of rotatable bonds is 3. The van der Waals surface area contributed by atoms with Crippen LogP contribution in [0.4, 0.5) is 0 Å². The van der Waals surface area contributed by atoms with E-state index in [4.69, 9.17) is 10.2 Å². The van der Waals surface area contributed by atoms with Crippen LogP contribution >= 0.6 is 0 Å². The molecular weight excluding hydrogens is 150 g/mol. The van der Waals surface area contributed by atoms with Gasteiger partial charge in [-0.2, -0.15) is 5.10 Å². The van der Waals surface area contributed by atoms with Crippen LogP contribution in [0.25, 0.3) is 0 Å². The summed E-state index contributed by atoms with van der Waals surface area (Å²) in [5.74, 6) is -1.26. The maximum absolute atomic E-state index is 10.1. The first kappa shape index (κ1) is 7.67. The molecule has 0 aromatic carbocycles. The van der Waals surface area contributed by atoms with Crippen LogP contribution in [0.1, 0.15) is 0 Å². The molecule has 11 heavy (non-hydrogen) atoms. The largest absolute Gasteiger partial charge is 0.479 e. The first-order chi connectivity index (χ1) is 5.20. The average molecular weight is 157 g/mol. The second kappa shape index (κ2) is 3.11. The molecule has 0 amide bonds. The molecule has 1 atom stereocenters. The van der Waals surface area contributed by atoms with Crippen LogP contribution in [-0.4, -0.2) is 37.1 Å². The topological polar surface area (TPSA) is 88.2 Å². The normalized spacial score (nSPS) is 12.8. The number of aliphatic carboxylic acids is 1. The Morgan fingerprint density at radius 3 is 2.91 bits per heavy atom. The van der Waals surface area contributed by atoms with Crippen molar-refractivity contribution >= 4 is 5.97 Å². The van der Waals surface area contributed by atoms with Crippen LogP contribution in [0.3, 0.4) is 0 Å². The van der Waals surface area contributed by atoms with E-state index in [-0.39, 0.29) is 6.54 Å². The van der Waals surface area contributed by atoms with Crippen molar-refractivity contribution in [3.05, 3.63) is 12.7 Å². The molecule has 0 saturated carbocycles. The summed E-state index contributed by atoms with van der Waals surface area (Å²) >= 11 is 0. The molecule has 0 radical (unpaired) electrons. The van der Waals surface area contributed by atoms with Gasteiger partial charge in [-0.05, 0) is 0 Å². The number of aromatic nitrogens is 3. The van der Waals surface area contributed by atoms with Crippen molar-refractivity contribution in [3.8, 4) is 0 Å². The molecule has 60 valence electrons. The third-order valence-corrected chi connectivity index (χ3v) is 1.11. The molecular formula is C5H7N3O3. The van der Waals surface area contributed by atoms with E-state index in [9.17, 15) is 4.79 Å². The fourth-order valence-electron chi connectivity index (χ4n) is 0.582. The molecule has 2 N–H and O–H groups in total. The summed E-state index contributed by atoms with van der Waals surface area (Å²) in [5, 5.41) is 20.7. The summed E-state index contributed by atoms with van der Waals surface area (Å²) in [4.78, 5) is 13.7. The number of hydrogen-bond acceptors (Lipinski definition) is 4. The minimum Gasteiger partial charge on any atom is -0.479 e. The molecule has 1 rings (SSSR count). The number of aliphatic hydroxyl groups is 1. The van der Waals surface area contributed by atoms with E-state index in [2.05, 4.69) is 10.1 Å². The van der Waals surface area contributed by atoms with E-state index < -0.39 is 12.1 Å². The summed E-state index contributed by atoms with van der Waals surface area (Å²) in [6.07, 6.45) is 1.19. The number of carboxylic acid groups (broad SMARTS) is 1. The Kier molecular flexibility index (Phi) is 2.17. The first-order valence-corrected chi connectivity index (χ1v) is 2.93. The van der Waals surface area contributed by atoms with E-state index in [0.29, 0.717) is 0 Å². The molecule has 0 spiro atoms. The third-order valence-electron chi connectivity index (χ3n) is 1.11. The van der Waals surface area contributed by atoms with Crippen LogP contribution < -0.4 is 0 Å². The third kappa shape index (κ3) is 2.01. The number of carbonyl (C=O) groups is 1. The van der Waals surface area contributed by atoms with Gasteiger partial charge in [-0.15, -0.1) is 0 Å². The predicted octanol–water partition coefficient (Wildman–Crippen LogP) is -1.28. The summed E-state index contributed by atoms with van der Waals surface area (Å²) < 4.78 is 1.25. The van der Waals surface area contributed by atoms with Gasteiger partial charge in [0.15, 0.2) is 6.10 Å². The summed E-state index contributed by atoms with van der Waals surface area (Å²) in [6.45, 7) is -0.0741. The van der Waals surface area contributed by atoms with E-state index in [1.54, 1.807) is 0 Å². The van der Waals surface area contributed by atoms with Gasteiger partial charge in [0.05, 0.1) is 6.54 Å². The van der Waals surface area contributed by atoms with Gasteiger partial charge in [0.25, 0.3) is 0 Å². The highest BCUT2D eigenvalue weighted by Crippen LogP contribution is 1.88. The highest BCUT2D eigenvalue weighted by molar-refractivity contribution is 5.71. The van der Waals surface area contributed by atoms with Gasteiger partial charge in [-0.1, -0.05) is 0 Å². The molecule has 0 aliphatic rings. The van der Waals surface area contributed by atoms with Crippen molar-refractivity contribution in [2.45, 2.75) is 12.6 Å². The van der Waals surface area contributed by atoms with Gasteiger partial charge >= 0.3 is 5.97 Å². The Balaban J connectivity index is 2.50. The van der Waals surface area contributed by atoms with Gasteiger partial charge < -0.3 is 10.2 Å². The number of hydrogen-bond donors (Lipinski definition) is 2. The van der Waals surface area contributed by atoms with Gasteiger partial charge in [-0.25, -0.2) is 14.5 Å². The smallest absolute Gasteiger partial charge is 0.334 e. The summed E-state index contributed by atoms with van der Waals surface area (Å²) in [5.41, 5.74) is 0. The minimum atomic E-state index is -1.42. The Morgan fingerprint density at radius 2 is 2.45 bits per heavy atom. The molecule has 0 bridgehead atoms. The fourth-order valence-corrected chi connectivity index (χ4v) is 0.582. The molecule has 0 saturated heterocycles. The van der Waals surface area contributed by atoms with E-state index in [1.165, 1.54) is 17.3 Å². The minimum absolute atomic E-state index is 0.0741. The summed E-state index contributed by atoms with van der Waals surface area (Å²) in [6, 6.07) is 0. The van der Waals surface area contributed by atoms with Crippen molar-refractivity contribution in [1.82, 2.24) is 14.8 Å². The van der Waals surface area contributed by atoms with Crippen molar-refractivity contribution in [2.75, 3.05) is 0 Å². The number of carboxylic acids is 1. The molecule has 1 aromatic rings. The van der Waals surface area contributed by atoms with E-state index in [0.717, 1.165) is 0 Å². The maximum Gasteiger partial charge on any atom is 0.334 e. The SMILES string of the molecule is O=C(O)C(O)Cn1cncn1. The summed E-state index contributed by atoms with van der Waals surface area (Å²) in [7, 11) is 0. The van der Waals surface area contributed by atoms with Gasteiger partial charge in [0.1, 0.15) is 12.7 Å². The Bertz CT molecular complexity index is 233. The lowest BCUT2D eigenvalue weighted by Crippen LogP contribution is -2.25. The second-order valence-corrected chi connectivity index (χ2v) is 1.97. The zero-order valence-electron chi connectivity index (χ0n) is 5.58. The standard InChI is InChI=1S/C5H7N3O3/c9-4(5(10)11)1-8-3-6-2-7-8/h2-4,9H,1H2,(H,10,11). The zero-order chi connectivity index (χ0) is 8.27. The van der Waals surface area contributed by atoms with Gasteiger partial charge in [0, 0.05) is 0 Å². The molecule has 6 heteroatoms. The molecule has 6 nitrogen and oxygen atoms in total. The van der Waals surface area contributed by atoms with Crippen LogP contribution in [-0.2, 0) is 11.3 Å². The van der Waals surface area contributed by atoms with Crippen LogP contribution in [0.5, 0.6) is 0 Å². The van der Waals surface area contributed by atoms with Crippen molar-refractivity contribution < 1.29 is 15.0 Å². The van der Waals surface area contributed by atoms with Gasteiger partial charge in [-0.3, -0.25) is 0 Å². The quantitative estimate of drug-likeness (QED) is 0.570. The Morgan fingerprint density at radius 1 is 1.73 bits per heavy atom. The van der Waals surface area contributed by atoms with Crippen molar-refractivity contribution in [2.24, 2.45) is 0 Å². The molecule has 0 fully saturated rings. The molecule has 1 unspecified atom stereocenters. The van der Waals surface area contributed by atoms with Crippen LogP contribution in [0.15, 0.2) is 12.7 Å². The highest BCUT2D eigenvalue weighted by atomic mass is 16.4. The first-order valence-electron chi connectivity index (χ1n) is 2.93.